The second-order valence-electron chi connectivity index (χ2n) is 6.32. The molecule has 136 valence electrons. The number of pyridine rings is 1. The number of halogens is 1. The molecular weight excluding hydrogens is 386 g/mol. The third-order valence-electron chi connectivity index (χ3n) is 4.65. The molecule has 0 radical (unpaired) electrons. The minimum atomic E-state index is -0.00601. The number of fused-ring (bicyclic) bond motifs is 1. The van der Waals surface area contributed by atoms with Gasteiger partial charge in [-0.2, -0.15) is 0 Å². The molecule has 0 saturated carbocycles. The Labute approximate surface area is 165 Å². The van der Waals surface area contributed by atoms with Gasteiger partial charge in [-0.15, -0.1) is 22.7 Å². The molecule has 3 aromatic heterocycles. The molecular formula is C19H20ClN3OS2. The lowest BCUT2D eigenvalue weighted by Gasteiger charge is -2.28. The summed E-state index contributed by atoms with van der Waals surface area (Å²) in [6.45, 7) is 6.10. The fourth-order valence-electron chi connectivity index (χ4n) is 3.35. The van der Waals surface area contributed by atoms with Gasteiger partial charge in [0.2, 0.25) is 0 Å². The molecule has 4 nitrogen and oxygen atoms in total. The lowest BCUT2D eigenvalue weighted by molar-refractivity contribution is 0.0703. The van der Waals surface area contributed by atoms with Gasteiger partial charge in [-0.3, -0.25) is 0 Å². The van der Waals surface area contributed by atoms with Gasteiger partial charge in [0.15, 0.2) is 0 Å². The standard InChI is InChI=1S/C19H20ClN3OS2/c1-2-12-17-19(26-18(12)13-5-6-24-10-14(13)21)15(8-16(20)23-17)22-9-11-4-3-7-25-11/h2-4,7-8,13-14H,1,5-6,9-10,21H2,(H,22,23)/t13-,14-/m0/s1. The molecule has 4 rings (SSSR count). The molecule has 1 fully saturated rings. The zero-order valence-electron chi connectivity index (χ0n) is 14.2. The molecule has 0 unspecified atom stereocenters. The number of nitrogens with one attached hydrogen (secondary N) is 1. The first-order valence-corrected chi connectivity index (χ1v) is 10.6. The lowest BCUT2D eigenvalue weighted by Crippen LogP contribution is -2.37. The van der Waals surface area contributed by atoms with Crippen molar-refractivity contribution in [2.75, 3.05) is 18.5 Å². The fraction of sp³-hybridized carbons (Fsp3) is 0.316. The number of ether oxygens (including phenoxy) is 1. The van der Waals surface area contributed by atoms with Crippen molar-refractivity contribution >= 4 is 56.3 Å². The molecule has 1 aliphatic heterocycles. The van der Waals surface area contributed by atoms with Crippen molar-refractivity contribution in [3.05, 3.63) is 50.6 Å². The molecule has 0 bridgehead atoms. The van der Waals surface area contributed by atoms with Crippen molar-refractivity contribution in [3.63, 3.8) is 0 Å². The number of anilines is 1. The van der Waals surface area contributed by atoms with Crippen LogP contribution in [0.25, 0.3) is 16.3 Å². The van der Waals surface area contributed by atoms with Crippen molar-refractivity contribution in [1.82, 2.24) is 4.98 Å². The number of hydrogen-bond acceptors (Lipinski definition) is 6. The zero-order chi connectivity index (χ0) is 18.1. The summed E-state index contributed by atoms with van der Waals surface area (Å²) in [5, 5.41) is 6.08. The highest BCUT2D eigenvalue weighted by Gasteiger charge is 2.29. The molecule has 2 atom stereocenters. The maximum atomic E-state index is 6.33. The van der Waals surface area contributed by atoms with Gasteiger partial charge in [-0.05, 0) is 17.9 Å². The molecule has 3 N–H and O–H groups in total. The fourth-order valence-corrected chi connectivity index (χ4v) is 5.64. The summed E-state index contributed by atoms with van der Waals surface area (Å²) in [5.41, 5.74) is 9.29. The van der Waals surface area contributed by atoms with Crippen LogP contribution in [-0.2, 0) is 11.3 Å². The zero-order valence-corrected chi connectivity index (χ0v) is 16.6. The van der Waals surface area contributed by atoms with Crippen molar-refractivity contribution in [2.24, 2.45) is 5.73 Å². The van der Waals surface area contributed by atoms with Crippen LogP contribution < -0.4 is 11.1 Å². The van der Waals surface area contributed by atoms with Crippen molar-refractivity contribution in [1.29, 1.82) is 0 Å². The van der Waals surface area contributed by atoms with Gasteiger partial charge in [-0.25, -0.2) is 4.98 Å². The summed E-state index contributed by atoms with van der Waals surface area (Å²) in [6.07, 6.45) is 2.79. The summed E-state index contributed by atoms with van der Waals surface area (Å²) in [7, 11) is 0. The number of hydrogen-bond donors (Lipinski definition) is 2. The predicted octanol–water partition coefficient (Wildman–Crippen LogP) is 5.10. The Hall–Kier alpha value is -1.44. The van der Waals surface area contributed by atoms with E-state index < -0.39 is 0 Å². The number of thiophene rings is 2. The van der Waals surface area contributed by atoms with Gasteiger partial charge in [0.05, 0.1) is 22.5 Å². The molecule has 0 amide bonds. The molecule has 26 heavy (non-hydrogen) atoms. The molecule has 0 spiro atoms. The van der Waals surface area contributed by atoms with E-state index in [1.54, 1.807) is 22.7 Å². The summed E-state index contributed by atoms with van der Waals surface area (Å²) >= 11 is 9.79. The van der Waals surface area contributed by atoms with E-state index in [9.17, 15) is 0 Å². The normalized spacial score (nSPS) is 20.4. The Bertz CT molecular complexity index is 923. The van der Waals surface area contributed by atoms with Crippen LogP contribution in [0, 0.1) is 0 Å². The second-order valence-corrected chi connectivity index (χ2v) is 8.79. The first-order valence-electron chi connectivity index (χ1n) is 8.52. The molecule has 0 aliphatic carbocycles. The Morgan fingerprint density at radius 3 is 3.12 bits per heavy atom. The number of aromatic nitrogens is 1. The molecule has 1 saturated heterocycles. The van der Waals surface area contributed by atoms with Crippen molar-refractivity contribution < 1.29 is 4.74 Å². The Morgan fingerprint density at radius 2 is 2.38 bits per heavy atom. The van der Waals surface area contributed by atoms with E-state index in [4.69, 9.17) is 22.1 Å². The van der Waals surface area contributed by atoms with E-state index in [-0.39, 0.29) is 12.0 Å². The predicted molar refractivity (Wildman–Crippen MR) is 113 cm³/mol. The van der Waals surface area contributed by atoms with Gasteiger partial charge in [-0.1, -0.05) is 30.3 Å². The van der Waals surface area contributed by atoms with Gasteiger partial charge in [0, 0.05) is 46.5 Å². The van der Waals surface area contributed by atoms with E-state index in [1.807, 2.05) is 12.1 Å². The van der Waals surface area contributed by atoms with Gasteiger partial charge in [0.1, 0.15) is 5.15 Å². The van der Waals surface area contributed by atoms with Crippen LogP contribution in [0.4, 0.5) is 5.69 Å². The first-order chi connectivity index (χ1) is 12.7. The average molecular weight is 406 g/mol. The largest absolute Gasteiger partial charge is 0.380 e. The number of nitrogens with zero attached hydrogens (tertiary/aromatic N) is 1. The first kappa shape index (κ1) is 17.9. The minimum absolute atomic E-state index is 0.00601. The van der Waals surface area contributed by atoms with Crippen LogP contribution in [0.1, 0.15) is 27.7 Å². The van der Waals surface area contributed by atoms with Crippen LogP contribution in [0.2, 0.25) is 5.15 Å². The van der Waals surface area contributed by atoms with Gasteiger partial charge >= 0.3 is 0 Å². The molecule has 7 heteroatoms. The number of nitrogens with two attached hydrogens (primary N) is 1. The van der Waals surface area contributed by atoms with E-state index >= 15 is 0 Å². The monoisotopic (exact) mass is 405 g/mol. The van der Waals surface area contributed by atoms with Crippen LogP contribution in [0.5, 0.6) is 0 Å². The summed E-state index contributed by atoms with van der Waals surface area (Å²) in [4.78, 5) is 7.10. The van der Waals surface area contributed by atoms with Gasteiger partial charge < -0.3 is 15.8 Å². The highest BCUT2D eigenvalue weighted by Crippen LogP contribution is 2.43. The van der Waals surface area contributed by atoms with Crippen molar-refractivity contribution in [3.8, 4) is 0 Å². The van der Waals surface area contributed by atoms with Gasteiger partial charge in [0.25, 0.3) is 0 Å². The van der Waals surface area contributed by atoms with Crippen LogP contribution >= 0.6 is 34.3 Å². The summed E-state index contributed by atoms with van der Waals surface area (Å²) in [6, 6.07) is 6.07. The van der Waals surface area contributed by atoms with E-state index in [2.05, 4.69) is 34.4 Å². The highest BCUT2D eigenvalue weighted by atomic mass is 35.5. The van der Waals surface area contributed by atoms with Crippen LogP contribution in [-0.4, -0.2) is 24.2 Å². The Morgan fingerprint density at radius 1 is 1.50 bits per heavy atom. The highest BCUT2D eigenvalue weighted by molar-refractivity contribution is 7.20. The Balaban J connectivity index is 1.77. The van der Waals surface area contributed by atoms with Crippen LogP contribution in [0.15, 0.2) is 30.2 Å². The summed E-state index contributed by atoms with van der Waals surface area (Å²) in [5.74, 6) is 0.264. The quantitative estimate of drug-likeness (QED) is 0.580. The number of rotatable bonds is 5. The second kappa shape index (κ2) is 7.66. The molecule has 3 aromatic rings. The Kier molecular flexibility index (Phi) is 5.29. The minimum Gasteiger partial charge on any atom is -0.380 e. The third-order valence-corrected chi connectivity index (χ3v) is 7.08. The third kappa shape index (κ3) is 3.40. The smallest absolute Gasteiger partial charge is 0.131 e. The topological polar surface area (TPSA) is 60.2 Å². The SMILES string of the molecule is C=Cc1c([C@H]2CCOC[C@@H]2N)sc2c(NCc3cccs3)cc(Cl)nc12. The maximum absolute atomic E-state index is 6.33. The lowest BCUT2D eigenvalue weighted by atomic mass is 9.91. The molecule has 4 heterocycles. The van der Waals surface area contributed by atoms with Crippen LogP contribution in [0.3, 0.4) is 0 Å². The maximum Gasteiger partial charge on any atom is 0.131 e. The summed E-state index contributed by atoms with van der Waals surface area (Å²) < 4.78 is 6.62. The van der Waals surface area contributed by atoms with E-state index in [1.165, 1.54) is 9.75 Å². The molecule has 0 aromatic carbocycles. The van der Waals surface area contributed by atoms with E-state index in [0.717, 1.165) is 41.0 Å². The van der Waals surface area contributed by atoms with Crippen molar-refractivity contribution in [2.45, 2.75) is 24.9 Å². The molecule has 1 aliphatic rings. The average Bonchev–Trinajstić information content (AvgIpc) is 3.27. The van der Waals surface area contributed by atoms with E-state index in [0.29, 0.717) is 11.8 Å².